The highest BCUT2D eigenvalue weighted by Crippen LogP contribution is 2.33. The van der Waals surface area contributed by atoms with Gasteiger partial charge in [-0.3, -0.25) is 9.59 Å². The zero-order chi connectivity index (χ0) is 18.1. The molecule has 0 N–H and O–H groups in total. The van der Waals surface area contributed by atoms with Crippen LogP contribution in [0.15, 0.2) is 66.2 Å². The lowest BCUT2D eigenvalue weighted by atomic mass is 9.94. The van der Waals surface area contributed by atoms with E-state index in [0.29, 0.717) is 11.3 Å². The molecule has 1 atom stereocenters. The van der Waals surface area contributed by atoms with Crippen LogP contribution in [0, 0.1) is 6.92 Å². The van der Waals surface area contributed by atoms with E-state index >= 15 is 0 Å². The number of hydrogen-bond donors (Lipinski definition) is 0. The smallest absolute Gasteiger partial charge is 0.263 e. The third kappa shape index (κ3) is 2.92. The predicted molar refractivity (Wildman–Crippen MR) is 103 cm³/mol. The van der Waals surface area contributed by atoms with Crippen LogP contribution in [-0.4, -0.2) is 24.4 Å². The van der Waals surface area contributed by atoms with Crippen molar-refractivity contribution in [2.75, 3.05) is 16.3 Å². The van der Waals surface area contributed by atoms with Crippen molar-refractivity contribution in [2.45, 2.75) is 32.2 Å². The van der Waals surface area contributed by atoms with E-state index < -0.39 is 0 Å². The molecule has 4 rings (SSSR count). The summed E-state index contributed by atoms with van der Waals surface area (Å²) in [7, 11) is 0. The number of nitrogens with zero attached hydrogens (tertiary/aromatic N) is 2. The van der Waals surface area contributed by atoms with Crippen molar-refractivity contribution in [1.82, 2.24) is 0 Å². The average molecular weight is 346 g/mol. The van der Waals surface area contributed by atoms with E-state index in [-0.39, 0.29) is 17.9 Å². The molecule has 1 fully saturated rings. The highest BCUT2D eigenvalue weighted by atomic mass is 16.2. The van der Waals surface area contributed by atoms with Gasteiger partial charge in [-0.1, -0.05) is 35.9 Å². The maximum absolute atomic E-state index is 13.1. The van der Waals surface area contributed by atoms with Gasteiger partial charge in [0.2, 0.25) is 0 Å². The molecule has 2 amide bonds. The standard InChI is InChI=1S/C22H22N2O2/c1-16-10-12-17(13-11-16)23-14-6-5-9-20(23)19-15-21(25)24(22(19)26)18-7-3-2-4-8-18/h2-4,7-8,10-13,15,20H,5-6,9,14H2,1H3. The molecular formula is C22H22N2O2. The fourth-order valence-electron chi connectivity index (χ4n) is 3.85. The molecule has 2 heterocycles. The first-order chi connectivity index (χ1) is 12.6. The van der Waals surface area contributed by atoms with E-state index in [1.165, 1.54) is 16.5 Å². The lowest BCUT2D eigenvalue weighted by Gasteiger charge is -2.38. The molecule has 4 nitrogen and oxygen atoms in total. The minimum atomic E-state index is -0.245. The Balaban J connectivity index is 1.65. The lowest BCUT2D eigenvalue weighted by molar-refractivity contribution is -0.120. The first-order valence-corrected chi connectivity index (χ1v) is 9.13. The molecule has 0 radical (unpaired) electrons. The maximum Gasteiger partial charge on any atom is 0.263 e. The van der Waals surface area contributed by atoms with E-state index in [1.54, 1.807) is 12.1 Å². The van der Waals surface area contributed by atoms with Gasteiger partial charge in [0.15, 0.2) is 0 Å². The van der Waals surface area contributed by atoms with E-state index in [2.05, 4.69) is 36.1 Å². The number of rotatable bonds is 3. The van der Waals surface area contributed by atoms with Crippen molar-refractivity contribution in [3.63, 3.8) is 0 Å². The van der Waals surface area contributed by atoms with Crippen LogP contribution < -0.4 is 9.80 Å². The Morgan fingerprint density at radius 3 is 2.35 bits per heavy atom. The van der Waals surface area contributed by atoms with Gasteiger partial charge in [0.25, 0.3) is 11.8 Å². The second-order valence-electron chi connectivity index (χ2n) is 6.95. The van der Waals surface area contributed by atoms with Crippen LogP contribution in [-0.2, 0) is 9.59 Å². The highest BCUT2D eigenvalue weighted by molar-refractivity contribution is 6.31. The number of amides is 2. The third-order valence-electron chi connectivity index (χ3n) is 5.19. The zero-order valence-corrected chi connectivity index (χ0v) is 14.9. The van der Waals surface area contributed by atoms with E-state index in [9.17, 15) is 9.59 Å². The molecule has 0 spiro atoms. The van der Waals surface area contributed by atoms with Crippen molar-refractivity contribution in [1.29, 1.82) is 0 Å². The monoisotopic (exact) mass is 346 g/mol. The van der Waals surface area contributed by atoms with E-state index in [4.69, 9.17) is 0 Å². The number of carbonyl (C=O) groups excluding carboxylic acids is 2. The number of para-hydroxylation sites is 1. The maximum atomic E-state index is 13.1. The summed E-state index contributed by atoms with van der Waals surface area (Å²) >= 11 is 0. The molecule has 2 aromatic carbocycles. The minimum Gasteiger partial charge on any atom is -0.364 e. The number of piperidine rings is 1. The summed E-state index contributed by atoms with van der Waals surface area (Å²) in [4.78, 5) is 29.2. The normalized spacial score (nSPS) is 20.5. The van der Waals surface area contributed by atoms with Gasteiger partial charge in [0, 0.05) is 23.9 Å². The highest BCUT2D eigenvalue weighted by Gasteiger charge is 2.39. The first kappa shape index (κ1) is 16.6. The first-order valence-electron chi connectivity index (χ1n) is 9.13. The van der Waals surface area contributed by atoms with Crippen molar-refractivity contribution in [3.05, 3.63) is 71.8 Å². The van der Waals surface area contributed by atoms with E-state index in [0.717, 1.165) is 31.5 Å². The summed E-state index contributed by atoms with van der Waals surface area (Å²) < 4.78 is 0. The van der Waals surface area contributed by atoms with Gasteiger partial charge in [0.05, 0.1) is 11.7 Å². The van der Waals surface area contributed by atoms with E-state index in [1.807, 2.05) is 18.2 Å². The molecule has 1 saturated heterocycles. The summed E-state index contributed by atoms with van der Waals surface area (Å²) in [6.45, 7) is 2.97. The molecule has 2 aliphatic heterocycles. The summed E-state index contributed by atoms with van der Waals surface area (Å²) in [6.07, 6.45) is 4.59. The summed E-state index contributed by atoms with van der Waals surface area (Å²) in [6, 6.07) is 17.5. The van der Waals surface area contributed by atoms with Crippen molar-refractivity contribution in [2.24, 2.45) is 0 Å². The number of carbonyl (C=O) groups is 2. The minimum absolute atomic E-state index is 0.0448. The van der Waals surface area contributed by atoms with Crippen LogP contribution in [0.25, 0.3) is 0 Å². The molecule has 26 heavy (non-hydrogen) atoms. The third-order valence-corrected chi connectivity index (χ3v) is 5.19. The van der Waals surface area contributed by atoms with Crippen LogP contribution in [0.2, 0.25) is 0 Å². The lowest BCUT2D eigenvalue weighted by Crippen LogP contribution is -2.43. The van der Waals surface area contributed by atoms with Gasteiger partial charge in [0.1, 0.15) is 0 Å². The topological polar surface area (TPSA) is 40.6 Å². The molecule has 2 aliphatic rings. The fourth-order valence-corrected chi connectivity index (χ4v) is 3.85. The molecule has 0 saturated carbocycles. The molecule has 0 aliphatic carbocycles. The number of aryl methyl sites for hydroxylation is 1. The molecule has 4 heteroatoms. The zero-order valence-electron chi connectivity index (χ0n) is 14.9. The summed E-state index contributed by atoms with van der Waals surface area (Å²) in [5.74, 6) is -0.434. The molecule has 1 unspecified atom stereocenters. The van der Waals surface area contributed by atoms with Gasteiger partial charge in [-0.2, -0.15) is 0 Å². The van der Waals surface area contributed by atoms with Gasteiger partial charge in [-0.05, 0) is 50.5 Å². The second-order valence-corrected chi connectivity index (χ2v) is 6.95. The Labute approximate surface area is 153 Å². The summed E-state index contributed by atoms with van der Waals surface area (Å²) in [5, 5.41) is 0. The van der Waals surface area contributed by atoms with Crippen LogP contribution >= 0.6 is 0 Å². The van der Waals surface area contributed by atoms with Crippen LogP contribution in [0.1, 0.15) is 24.8 Å². The Morgan fingerprint density at radius 1 is 0.885 bits per heavy atom. The number of benzene rings is 2. The summed E-state index contributed by atoms with van der Waals surface area (Å²) in [5.41, 5.74) is 3.56. The SMILES string of the molecule is Cc1ccc(N2CCCCC2C2=CC(=O)N(c3ccccc3)C2=O)cc1. The van der Waals surface area contributed by atoms with Crippen molar-refractivity contribution >= 4 is 23.2 Å². The van der Waals surface area contributed by atoms with Gasteiger partial charge >= 0.3 is 0 Å². The molecule has 2 aromatic rings. The number of imide groups is 1. The Kier molecular flexibility index (Phi) is 4.33. The van der Waals surface area contributed by atoms with Crippen LogP contribution in [0.4, 0.5) is 11.4 Å². The van der Waals surface area contributed by atoms with Gasteiger partial charge in [-0.25, -0.2) is 4.90 Å². The Hall–Kier alpha value is -2.88. The molecule has 0 aromatic heterocycles. The fraction of sp³-hybridized carbons (Fsp3) is 0.273. The van der Waals surface area contributed by atoms with Crippen molar-refractivity contribution in [3.8, 4) is 0 Å². The number of hydrogen-bond acceptors (Lipinski definition) is 3. The van der Waals surface area contributed by atoms with Crippen molar-refractivity contribution < 1.29 is 9.59 Å². The molecular weight excluding hydrogens is 324 g/mol. The number of anilines is 2. The second kappa shape index (κ2) is 6.79. The van der Waals surface area contributed by atoms with Crippen LogP contribution in [0.3, 0.4) is 0 Å². The predicted octanol–water partition coefficient (Wildman–Crippen LogP) is 3.85. The Morgan fingerprint density at radius 2 is 1.62 bits per heavy atom. The Bertz CT molecular complexity index is 855. The molecule has 0 bridgehead atoms. The largest absolute Gasteiger partial charge is 0.364 e. The van der Waals surface area contributed by atoms with Crippen LogP contribution in [0.5, 0.6) is 0 Å². The van der Waals surface area contributed by atoms with Gasteiger partial charge < -0.3 is 4.90 Å². The molecule has 132 valence electrons. The average Bonchev–Trinajstić information content (AvgIpc) is 2.97. The van der Waals surface area contributed by atoms with Gasteiger partial charge in [-0.15, -0.1) is 0 Å². The quantitative estimate of drug-likeness (QED) is 0.793.